The van der Waals surface area contributed by atoms with Gasteiger partial charge >= 0.3 is 5.97 Å². The van der Waals surface area contributed by atoms with Crippen molar-refractivity contribution in [3.63, 3.8) is 0 Å². The molecule has 2 N–H and O–H groups in total. The Bertz CT molecular complexity index is 458. The fourth-order valence-corrected chi connectivity index (χ4v) is 2.09. The van der Waals surface area contributed by atoms with E-state index in [2.05, 4.69) is 10.2 Å². The van der Waals surface area contributed by atoms with Gasteiger partial charge in [0.05, 0.1) is 0 Å². The molecule has 2 aromatic rings. The monoisotopic (exact) mass is 196 g/mol. The molecule has 0 unspecified atom stereocenters. The zero-order chi connectivity index (χ0) is 9.42. The number of H-pyrrole nitrogens is 1. The smallest absolute Gasteiger partial charge is 0.345 e. The minimum absolute atomic E-state index is 0.348. The highest BCUT2D eigenvalue weighted by molar-refractivity contribution is 7.20. The van der Waals surface area contributed by atoms with E-state index in [9.17, 15) is 4.79 Å². The van der Waals surface area contributed by atoms with E-state index < -0.39 is 5.97 Å². The molecule has 0 fully saturated rings. The Morgan fingerprint density at radius 1 is 1.77 bits per heavy atom. The molecule has 2 rings (SSSR count). The fraction of sp³-hybridized carbons (Fsp3) is 0.250. The topological polar surface area (TPSA) is 66.0 Å². The molecule has 0 saturated carbocycles. The second-order valence-electron chi connectivity index (χ2n) is 2.69. The zero-order valence-corrected chi connectivity index (χ0v) is 7.81. The van der Waals surface area contributed by atoms with Gasteiger partial charge in [-0.05, 0) is 12.5 Å². The molecule has 0 aromatic carbocycles. The summed E-state index contributed by atoms with van der Waals surface area (Å²) in [5, 5.41) is 16.6. The number of fused-ring (bicyclic) bond motifs is 1. The first-order chi connectivity index (χ1) is 6.22. The molecular weight excluding hydrogens is 188 g/mol. The lowest BCUT2D eigenvalue weighted by atomic mass is 10.2. The molecule has 68 valence electrons. The summed E-state index contributed by atoms with van der Waals surface area (Å²) in [7, 11) is 0. The summed E-state index contributed by atoms with van der Waals surface area (Å²) in [4.78, 5) is 11.8. The number of aromatic amines is 1. The number of thiophene rings is 1. The van der Waals surface area contributed by atoms with Crippen LogP contribution < -0.4 is 0 Å². The van der Waals surface area contributed by atoms with Crippen LogP contribution in [0, 0.1) is 0 Å². The van der Waals surface area contributed by atoms with Crippen LogP contribution in [0.3, 0.4) is 0 Å². The molecule has 2 heterocycles. The van der Waals surface area contributed by atoms with E-state index in [1.54, 1.807) is 6.07 Å². The van der Waals surface area contributed by atoms with Gasteiger partial charge in [-0.25, -0.2) is 4.79 Å². The molecule has 0 aliphatic heterocycles. The maximum absolute atomic E-state index is 10.6. The van der Waals surface area contributed by atoms with Gasteiger partial charge in [0.15, 0.2) is 0 Å². The summed E-state index contributed by atoms with van der Waals surface area (Å²) < 4.78 is 0. The number of nitrogens with zero attached hydrogens (tertiary/aromatic N) is 1. The highest BCUT2D eigenvalue weighted by Gasteiger charge is 2.12. The van der Waals surface area contributed by atoms with Crippen molar-refractivity contribution in [2.75, 3.05) is 0 Å². The molecule has 13 heavy (non-hydrogen) atoms. The maximum Gasteiger partial charge on any atom is 0.345 e. The Hall–Kier alpha value is -1.36. The van der Waals surface area contributed by atoms with Crippen LogP contribution in [0.15, 0.2) is 6.07 Å². The average Bonchev–Trinajstić information content (AvgIpc) is 2.60. The Morgan fingerprint density at radius 2 is 2.54 bits per heavy atom. The number of aromatic nitrogens is 2. The predicted octanol–water partition coefficient (Wildman–Crippen LogP) is 1.89. The molecule has 0 aliphatic carbocycles. The number of nitrogens with one attached hydrogen (secondary N) is 1. The predicted molar refractivity (Wildman–Crippen MR) is 50.3 cm³/mol. The van der Waals surface area contributed by atoms with Gasteiger partial charge in [0.2, 0.25) is 0 Å². The Labute approximate surface area is 78.2 Å². The quantitative estimate of drug-likeness (QED) is 0.770. The first-order valence-corrected chi connectivity index (χ1v) is 4.74. The molecule has 0 saturated heterocycles. The van der Waals surface area contributed by atoms with Crippen molar-refractivity contribution in [2.45, 2.75) is 13.3 Å². The molecule has 5 heteroatoms. The van der Waals surface area contributed by atoms with E-state index in [4.69, 9.17) is 5.11 Å². The molecule has 0 spiro atoms. The Kier molecular flexibility index (Phi) is 1.81. The van der Waals surface area contributed by atoms with E-state index in [1.165, 1.54) is 11.3 Å². The van der Waals surface area contributed by atoms with Crippen LogP contribution in [0.25, 0.3) is 10.2 Å². The van der Waals surface area contributed by atoms with Crippen molar-refractivity contribution in [1.82, 2.24) is 10.2 Å². The third-order valence-corrected chi connectivity index (χ3v) is 2.91. The molecule has 0 radical (unpaired) electrons. The molecule has 2 aromatic heterocycles. The van der Waals surface area contributed by atoms with Gasteiger partial charge in [-0.3, -0.25) is 5.10 Å². The van der Waals surface area contributed by atoms with Crippen molar-refractivity contribution < 1.29 is 9.90 Å². The minimum atomic E-state index is -0.884. The number of hydrogen-bond acceptors (Lipinski definition) is 3. The van der Waals surface area contributed by atoms with Gasteiger partial charge in [0.1, 0.15) is 9.71 Å². The van der Waals surface area contributed by atoms with Crippen LogP contribution >= 0.6 is 11.3 Å². The lowest BCUT2D eigenvalue weighted by Crippen LogP contribution is -1.90. The van der Waals surface area contributed by atoms with Gasteiger partial charge < -0.3 is 5.11 Å². The van der Waals surface area contributed by atoms with Crippen LogP contribution in [0.1, 0.15) is 22.3 Å². The van der Waals surface area contributed by atoms with E-state index >= 15 is 0 Å². The third-order valence-electron chi connectivity index (χ3n) is 1.89. The standard InChI is InChI=1S/C8H8N2O2S/c1-2-5-4-3-6(8(11)12)13-7(4)10-9-5/h3H,2H2,1H3,(H,9,10)(H,11,12). The first kappa shape index (κ1) is 8.25. The average molecular weight is 196 g/mol. The summed E-state index contributed by atoms with van der Waals surface area (Å²) in [5.74, 6) is -0.884. The van der Waals surface area contributed by atoms with Gasteiger partial charge in [-0.15, -0.1) is 11.3 Å². The van der Waals surface area contributed by atoms with Crippen molar-refractivity contribution >= 4 is 27.5 Å². The van der Waals surface area contributed by atoms with E-state index in [0.29, 0.717) is 4.88 Å². The van der Waals surface area contributed by atoms with Crippen LogP contribution in [-0.2, 0) is 6.42 Å². The van der Waals surface area contributed by atoms with Crippen LogP contribution in [0.4, 0.5) is 0 Å². The highest BCUT2D eigenvalue weighted by Crippen LogP contribution is 2.26. The summed E-state index contributed by atoms with van der Waals surface area (Å²) in [6.45, 7) is 2.01. The number of rotatable bonds is 2. The molecular formula is C8H8N2O2S. The zero-order valence-electron chi connectivity index (χ0n) is 7.00. The molecule has 0 bridgehead atoms. The Balaban J connectivity index is 2.63. The van der Waals surface area contributed by atoms with Gasteiger partial charge in [0.25, 0.3) is 0 Å². The number of aromatic carboxylic acids is 1. The summed E-state index contributed by atoms with van der Waals surface area (Å²) >= 11 is 1.20. The van der Waals surface area contributed by atoms with E-state index in [0.717, 1.165) is 22.3 Å². The van der Waals surface area contributed by atoms with Crippen molar-refractivity contribution in [2.24, 2.45) is 0 Å². The van der Waals surface area contributed by atoms with Gasteiger partial charge in [-0.2, -0.15) is 5.10 Å². The van der Waals surface area contributed by atoms with Crippen LogP contribution in [0.2, 0.25) is 0 Å². The molecule has 0 aliphatic rings. The van der Waals surface area contributed by atoms with Crippen molar-refractivity contribution in [3.05, 3.63) is 16.6 Å². The number of aryl methyl sites for hydroxylation is 1. The number of carboxylic acid groups (broad SMARTS) is 1. The van der Waals surface area contributed by atoms with Crippen LogP contribution in [0.5, 0.6) is 0 Å². The van der Waals surface area contributed by atoms with E-state index in [-0.39, 0.29) is 0 Å². The lowest BCUT2D eigenvalue weighted by molar-refractivity contribution is 0.0702. The van der Waals surface area contributed by atoms with Gasteiger partial charge in [0, 0.05) is 11.1 Å². The number of hydrogen-bond donors (Lipinski definition) is 2. The van der Waals surface area contributed by atoms with Gasteiger partial charge in [-0.1, -0.05) is 6.92 Å². The lowest BCUT2D eigenvalue weighted by Gasteiger charge is -1.86. The Morgan fingerprint density at radius 3 is 3.15 bits per heavy atom. The summed E-state index contributed by atoms with van der Waals surface area (Å²) in [5.41, 5.74) is 0.999. The van der Waals surface area contributed by atoms with Crippen molar-refractivity contribution in [1.29, 1.82) is 0 Å². The summed E-state index contributed by atoms with van der Waals surface area (Å²) in [6, 6.07) is 1.67. The SMILES string of the molecule is CCc1[nH]nc2sc(C(=O)O)cc12. The largest absolute Gasteiger partial charge is 0.477 e. The summed E-state index contributed by atoms with van der Waals surface area (Å²) in [6.07, 6.45) is 0.840. The minimum Gasteiger partial charge on any atom is -0.477 e. The van der Waals surface area contributed by atoms with Crippen LogP contribution in [-0.4, -0.2) is 21.3 Å². The second-order valence-corrected chi connectivity index (χ2v) is 3.72. The second kappa shape index (κ2) is 2.85. The third kappa shape index (κ3) is 1.21. The maximum atomic E-state index is 10.6. The first-order valence-electron chi connectivity index (χ1n) is 3.92. The highest BCUT2D eigenvalue weighted by atomic mass is 32.1. The molecule has 0 atom stereocenters. The normalized spacial score (nSPS) is 10.8. The molecule has 0 amide bonds. The van der Waals surface area contributed by atoms with Crippen molar-refractivity contribution in [3.8, 4) is 0 Å². The number of carbonyl (C=O) groups is 1. The number of carboxylic acids is 1. The van der Waals surface area contributed by atoms with E-state index in [1.807, 2.05) is 6.92 Å². The fourth-order valence-electron chi connectivity index (χ4n) is 1.23. The molecule has 4 nitrogen and oxygen atoms in total.